The molecular formula is C22H22N2O4. The van der Waals surface area contributed by atoms with Gasteiger partial charge in [-0.25, -0.2) is 0 Å². The van der Waals surface area contributed by atoms with Gasteiger partial charge in [0.2, 0.25) is 5.91 Å². The molecule has 0 saturated carbocycles. The molecule has 2 aliphatic rings. The predicted octanol–water partition coefficient (Wildman–Crippen LogP) is 2.75. The van der Waals surface area contributed by atoms with E-state index in [1.165, 1.54) is 4.90 Å². The molecule has 0 aliphatic carbocycles. The monoisotopic (exact) mass is 378 g/mol. The van der Waals surface area contributed by atoms with Crippen molar-refractivity contribution < 1.29 is 19.1 Å². The molecule has 2 amide bonds. The molecule has 1 atom stereocenters. The third-order valence-electron chi connectivity index (χ3n) is 4.78. The molecule has 144 valence electrons. The minimum Gasteiger partial charge on any atom is -0.449 e. The number of benzene rings is 2. The average molecular weight is 378 g/mol. The van der Waals surface area contributed by atoms with E-state index >= 15 is 0 Å². The number of para-hydroxylation sites is 2. The lowest BCUT2D eigenvalue weighted by Crippen LogP contribution is -2.45. The minimum absolute atomic E-state index is 0.0603. The molecule has 1 saturated heterocycles. The first-order valence-corrected chi connectivity index (χ1v) is 9.44. The Kier molecular flexibility index (Phi) is 5.39. The number of carbonyl (C=O) groups is 2. The molecule has 4 rings (SSSR count). The van der Waals surface area contributed by atoms with Gasteiger partial charge in [-0.1, -0.05) is 42.5 Å². The number of nitrogens with zero attached hydrogens (tertiary/aromatic N) is 1. The molecule has 2 aromatic rings. The lowest BCUT2D eigenvalue weighted by molar-refractivity contribution is -0.123. The van der Waals surface area contributed by atoms with Crippen LogP contribution in [-0.4, -0.2) is 37.6 Å². The van der Waals surface area contributed by atoms with Crippen LogP contribution in [-0.2, 0) is 14.3 Å². The Bertz CT molecular complexity index is 888. The molecule has 0 bridgehead atoms. The van der Waals surface area contributed by atoms with Gasteiger partial charge in [0.15, 0.2) is 11.5 Å². The molecule has 0 spiro atoms. The summed E-state index contributed by atoms with van der Waals surface area (Å²) in [6.07, 6.45) is 3.72. The van der Waals surface area contributed by atoms with Crippen LogP contribution in [0.3, 0.4) is 0 Å². The van der Waals surface area contributed by atoms with Crippen LogP contribution in [0.4, 0.5) is 5.69 Å². The number of fused-ring (bicyclic) bond motifs is 1. The van der Waals surface area contributed by atoms with Gasteiger partial charge in [0, 0.05) is 13.2 Å². The third kappa shape index (κ3) is 4.07. The van der Waals surface area contributed by atoms with Crippen LogP contribution >= 0.6 is 0 Å². The van der Waals surface area contributed by atoms with Crippen molar-refractivity contribution in [1.29, 1.82) is 0 Å². The van der Waals surface area contributed by atoms with E-state index in [9.17, 15) is 9.59 Å². The van der Waals surface area contributed by atoms with E-state index in [0.717, 1.165) is 25.0 Å². The summed E-state index contributed by atoms with van der Waals surface area (Å²) >= 11 is 0. The number of hydrogen-bond acceptors (Lipinski definition) is 4. The number of anilines is 1. The molecule has 2 aliphatic heterocycles. The van der Waals surface area contributed by atoms with Crippen LogP contribution in [0.1, 0.15) is 18.4 Å². The maximum Gasteiger partial charge on any atom is 0.294 e. The molecule has 1 N–H and O–H groups in total. The SMILES string of the molecule is O=C(CN1C(=O)/C(=C\c2ccccc2)Oc2ccccc21)NC[C@@H]1CCCO1. The molecule has 0 radical (unpaired) electrons. The molecule has 0 aromatic heterocycles. The third-order valence-corrected chi connectivity index (χ3v) is 4.78. The number of carbonyl (C=O) groups excluding carboxylic acids is 2. The van der Waals surface area contributed by atoms with Gasteiger partial charge in [-0.15, -0.1) is 0 Å². The van der Waals surface area contributed by atoms with Gasteiger partial charge in [-0.2, -0.15) is 0 Å². The fraction of sp³-hybridized carbons (Fsp3) is 0.273. The molecule has 6 nitrogen and oxygen atoms in total. The van der Waals surface area contributed by atoms with Crippen molar-refractivity contribution in [3.05, 3.63) is 65.9 Å². The number of ether oxygens (including phenoxy) is 2. The number of amides is 2. The van der Waals surface area contributed by atoms with Crippen molar-refractivity contribution in [2.75, 3.05) is 24.6 Å². The van der Waals surface area contributed by atoms with Crippen LogP contribution in [0.2, 0.25) is 0 Å². The highest BCUT2D eigenvalue weighted by Gasteiger charge is 2.31. The standard InChI is InChI=1S/C22H22N2O4/c25-21(23-14-17-9-6-12-27-17)15-24-18-10-4-5-11-19(18)28-20(22(24)26)13-16-7-2-1-3-8-16/h1-5,7-8,10-11,13,17H,6,9,12,14-15H2,(H,23,25)/b20-13+/t17-/m0/s1. The molecule has 0 unspecified atom stereocenters. The first-order valence-electron chi connectivity index (χ1n) is 9.44. The van der Waals surface area contributed by atoms with Gasteiger partial charge in [-0.3, -0.25) is 14.5 Å². The van der Waals surface area contributed by atoms with E-state index in [-0.39, 0.29) is 30.2 Å². The van der Waals surface area contributed by atoms with Crippen molar-refractivity contribution in [1.82, 2.24) is 5.32 Å². The summed E-state index contributed by atoms with van der Waals surface area (Å²) in [4.78, 5) is 26.9. The Balaban J connectivity index is 1.53. The molecule has 2 aromatic carbocycles. The molecular weight excluding hydrogens is 356 g/mol. The Morgan fingerprint density at radius 2 is 1.93 bits per heavy atom. The maximum atomic E-state index is 13.0. The first kappa shape index (κ1) is 18.3. The summed E-state index contributed by atoms with van der Waals surface area (Å²) in [5, 5.41) is 2.87. The zero-order valence-electron chi connectivity index (χ0n) is 15.5. The highest BCUT2D eigenvalue weighted by molar-refractivity contribution is 6.12. The molecule has 1 fully saturated rings. The van der Waals surface area contributed by atoms with E-state index in [1.54, 1.807) is 18.2 Å². The average Bonchev–Trinajstić information content (AvgIpc) is 3.24. The number of rotatable bonds is 5. The normalized spacial score (nSPS) is 20.0. The van der Waals surface area contributed by atoms with Crippen molar-refractivity contribution in [2.24, 2.45) is 0 Å². The maximum absolute atomic E-state index is 13.0. The zero-order valence-corrected chi connectivity index (χ0v) is 15.5. The van der Waals surface area contributed by atoms with Gasteiger partial charge in [0.1, 0.15) is 6.54 Å². The van der Waals surface area contributed by atoms with E-state index in [0.29, 0.717) is 18.0 Å². The van der Waals surface area contributed by atoms with E-state index in [2.05, 4.69) is 5.32 Å². The van der Waals surface area contributed by atoms with Crippen LogP contribution in [0.15, 0.2) is 60.4 Å². The van der Waals surface area contributed by atoms with Crippen LogP contribution < -0.4 is 15.0 Å². The van der Waals surface area contributed by atoms with Crippen molar-refractivity contribution in [2.45, 2.75) is 18.9 Å². The highest BCUT2D eigenvalue weighted by Crippen LogP contribution is 2.35. The quantitative estimate of drug-likeness (QED) is 0.813. The molecule has 6 heteroatoms. The second-order valence-electron chi connectivity index (χ2n) is 6.82. The second-order valence-corrected chi connectivity index (χ2v) is 6.82. The molecule has 28 heavy (non-hydrogen) atoms. The van der Waals surface area contributed by atoms with Crippen molar-refractivity contribution in [3.8, 4) is 5.75 Å². The van der Waals surface area contributed by atoms with Gasteiger partial charge >= 0.3 is 0 Å². The topological polar surface area (TPSA) is 67.9 Å². The Labute approximate surface area is 163 Å². The fourth-order valence-corrected chi connectivity index (χ4v) is 3.35. The minimum atomic E-state index is -0.338. The Morgan fingerprint density at radius 1 is 1.14 bits per heavy atom. The lowest BCUT2D eigenvalue weighted by Gasteiger charge is -2.30. The van der Waals surface area contributed by atoms with Gasteiger partial charge in [0.25, 0.3) is 5.91 Å². The largest absolute Gasteiger partial charge is 0.449 e. The smallest absolute Gasteiger partial charge is 0.294 e. The number of hydrogen-bond donors (Lipinski definition) is 1. The highest BCUT2D eigenvalue weighted by atomic mass is 16.5. The van der Waals surface area contributed by atoms with Crippen LogP contribution in [0.25, 0.3) is 6.08 Å². The van der Waals surface area contributed by atoms with Crippen LogP contribution in [0.5, 0.6) is 5.75 Å². The van der Waals surface area contributed by atoms with Gasteiger partial charge < -0.3 is 14.8 Å². The Hall–Kier alpha value is -3.12. The molecule has 2 heterocycles. The lowest BCUT2D eigenvalue weighted by atomic mass is 10.1. The summed E-state index contributed by atoms with van der Waals surface area (Å²) in [5.74, 6) is 0.183. The predicted molar refractivity (Wildman–Crippen MR) is 106 cm³/mol. The van der Waals surface area contributed by atoms with Gasteiger partial charge in [0.05, 0.1) is 11.8 Å². The summed E-state index contributed by atoms with van der Waals surface area (Å²) in [6, 6.07) is 16.7. The van der Waals surface area contributed by atoms with Crippen LogP contribution in [0, 0.1) is 0 Å². The summed E-state index contributed by atoms with van der Waals surface area (Å²) in [5.41, 5.74) is 1.44. The van der Waals surface area contributed by atoms with E-state index in [4.69, 9.17) is 9.47 Å². The summed E-state index contributed by atoms with van der Waals surface area (Å²) in [6.45, 7) is 1.13. The zero-order chi connectivity index (χ0) is 19.3. The summed E-state index contributed by atoms with van der Waals surface area (Å²) < 4.78 is 11.3. The first-order chi connectivity index (χ1) is 13.7. The van der Waals surface area contributed by atoms with Gasteiger partial charge in [-0.05, 0) is 36.6 Å². The summed E-state index contributed by atoms with van der Waals surface area (Å²) in [7, 11) is 0. The van der Waals surface area contributed by atoms with Crippen molar-refractivity contribution >= 4 is 23.6 Å². The number of nitrogens with one attached hydrogen (secondary N) is 1. The Morgan fingerprint density at radius 3 is 2.71 bits per heavy atom. The van der Waals surface area contributed by atoms with Crippen molar-refractivity contribution in [3.63, 3.8) is 0 Å². The second kappa shape index (κ2) is 8.27. The fourth-order valence-electron chi connectivity index (χ4n) is 3.35. The van der Waals surface area contributed by atoms with E-state index < -0.39 is 0 Å². The van der Waals surface area contributed by atoms with E-state index in [1.807, 2.05) is 42.5 Å².